The summed E-state index contributed by atoms with van der Waals surface area (Å²) < 4.78 is 49.1. The highest BCUT2D eigenvalue weighted by Crippen LogP contribution is 2.53. The number of halogens is 3. The first-order valence-electron chi connectivity index (χ1n) is 5.39. The lowest BCUT2D eigenvalue weighted by molar-refractivity contribution is -0.266. The predicted octanol–water partition coefficient (Wildman–Crippen LogP) is 1.94. The molecule has 0 unspecified atom stereocenters. The fourth-order valence-electron chi connectivity index (χ4n) is 2.46. The van der Waals surface area contributed by atoms with Crippen LogP contribution < -0.4 is 0 Å². The lowest BCUT2D eigenvalue weighted by Crippen LogP contribution is -2.51. The highest BCUT2D eigenvalue weighted by atomic mass is 19.4. The first-order valence-corrected chi connectivity index (χ1v) is 5.39. The summed E-state index contributed by atoms with van der Waals surface area (Å²) >= 11 is 0. The first kappa shape index (κ1) is 12.6. The van der Waals surface area contributed by atoms with E-state index >= 15 is 0 Å². The van der Waals surface area contributed by atoms with E-state index in [9.17, 15) is 18.0 Å². The fraction of sp³-hybridized carbons (Fsp3) is 0.900. The third kappa shape index (κ3) is 1.91. The molecule has 0 aromatic rings. The van der Waals surface area contributed by atoms with Crippen LogP contribution in [-0.2, 0) is 14.3 Å². The number of aliphatic carboxylic acids is 1. The third-order valence-corrected chi connectivity index (χ3v) is 3.63. The normalized spacial score (nSPS) is 27.2. The van der Waals surface area contributed by atoms with Gasteiger partial charge in [0.05, 0.1) is 13.2 Å². The van der Waals surface area contributed by atoms with Gasteiger partial charge in [-0.3, -0.25) is 4.79 Å². The van der Waals surface area contributed by atoms with Crippen LogP contribution in [0.15, 0.2) is 0 Å². The average molecular weight is 254 g/mol. The van der Waals surface area contributed by atoms with Crippen molar-refractivity contribution in [3.05, 3.63) is 0 Å². The summed E-state index contributed by atoms with van der Waals surface area (Å²) in [5.74, 6) is -2.79. The molecule has 2 rings (SSSR count). The summed E-state index contributed by atoms with van der Waals surface area (Å²) in [5, 5.41) is 8.85. The van der Waals surface area contributed by atoms with Gasteiger partial charge in [-0.1, -0.05) is 0 Å². The van der Waals surface area contributed by atoms with Gasteiger partial charge in [0.1, 0.15) is 0 Å². The number of ether oxygens (including phenoxy) is 2. The van der Waals surface area contributed by atoms with Gasteiger partial charge in [-0.15, -0.1) is 0 Å². The van der Waals surface area contributed by atoms with E-state index in [1.165, 1.54) is 0 Å². The van der Waals surface area contributed by atoms with E-state index in [1.54, 1.807) is 0 Å². The maximum Gasteiger partial charge on any atom is 0.404 e. The molecule has 98 valence electrons. The Hall–Kier alpha value is -0.820. The van der Waals surface area contributed by atoms with Gasteiger partial charge in [-0.2, -0.15) is 13.2 Å². The van der Waals surface area contributed by atoms with Gasteiger partial charge in [-0.05, 0) is 12.8 Å². The lowest BCUT2D eigenvalue weighted by Gasteiger charge is -2.41. The molecular weight excluding hydrogens is 241 g/mol. The molecule has 1 aliphatic heterocycles. The molecule has 0 bridgehead atoms. The Kier molecular flexibility index (Phi) is 2.86. The van der Waals surface area contributed by atoms with Crippen molar-refractivity contribution in [3.63, 3.8) is 0 Å². The molecule has 4 nitrogen and oxygen atoms in total. The van der Waals surface area contributed by atoms with Gasteiger partial charge in [0, 0.05) is 12.8 Å². The number of carboxylic acid groups (broad SMARTS) is 1. The average Bonchev–Trinajstić information content (AvgIpc) is 2.66. The minimum absolute atomic E-state index is 0.0290. The van der Waals surface area contributed by atoms with E-state index in [-0.39, 0.29) is 12.8 Å². The van der Waals surface area contributed by atoms with E-state index in [0.717, 1.165) is 0 Å². The number of hydrogen-bond acceptors (Lipinski definition) is 3. The zero-order valence-corrected chi connectivity index (χ0v) is 9.05. The van der Waals surface area contributed by atoms with Crippen LogP contribution in [-0.4, -0.2) is 36.3 Å². The van der Waals surface area contributed by atoms with E-state index < -0.39 is 36.2 Å². The molecule has 1 spiro atoms. The summed E-state index contributed by atoms with van der Waals surface area (Å²) in [4.78, 5) is 10.9. The van der Waals surface area contributed by atoms with Gasteiger partial charge >= 0.3 is 12.1 Å². The van der Waals surface area contributed by atoms with E-state index in [4.69, 9.17) is 14.6 Å². The standard InChI is InChI=1S/C10H13F3O4/c11-10(12,13)8(7(14)15)1-3-9(4-2-8)16-5-6-17-9/h1-6H2,(H,14,15). The van der Waals surface area contributed by atoms with Crippen LogP contribution in [0.2, 0.25) is 0 Å². The van der Waals surface area contributed by atoms with Crippen molar-refractivity contribution in [3.8, 4) is 0 Å². The topological polar surface area (TPSA) is 55.8 Å². The maximum atomic E-state index is 12.9. The summed E-state index contributed by atoms with van der Waals surface area (Å²) in [6.07, 6.45) is -5.78. The van der Waals surface area contributed by atoms with E-state index in [0.29, 0.717) is 13.2 Å². The molecule has 1 saturated heterocycles. The van der Waals surface area contributed by atoms with Gasteiger partial charge in [-0.25, -0.2) is 0 Å². The summed E-state index contributed by atoms with van der Waals surface area (Å²) in [6, 6.07) is 0. The molecule has 0 aromatic carbocycles. The van der Waals surface area contributed by atoms with Crippen molar-refractivity contribution in [1.29, 1.82) is 0 Å². The van der Waals surface area contributed by atoms with Crippen molar-refractivity contribution >= 4 is 5.97 Å². The summed E-state index contributed by atoms with van der Waals surface area (Å²) in [6.45, 7) is 0.707. The molecule has 1 saturated carbocycles. The lowest BCUT2D eigenvalue weighted by atomic mass is 9.71. The SMILES string of the molecule is O=C(O)C1(C(F)(F)F)CCC2(CC1)OCCO2. The Morgan fingerprint density at radius 2 is 1.53 bits per heavy atom. The van der Waals surface area contributed by atoms with Gasteiger partial charge < -0.3 is 14.6 Å². The third-order valence-electron chi connectivity index (χ3n) is 3.63. The maximum absolute atomic E-state index is 12.9. The Labute approximate surface area is 95.7 Å². The molecule has 1 N–H and O–H groups in total. The molecule has 7 heteroatoms. The molecule has 0 atom stereocenters. The smallest absolute Gasteiger partial charge is 0.404 e. The minimum atomic E-state index is -4.74. The highest BCUT2D eigenvalue weighted by Gasteiger charge is 2.64. The molecule has 0 aromatic heterocycles. The zero-order chi connectivity index (χ0) is 12.7. The van der Waals surface area contributed by atoms with Crippen molar-refractivity contribution in [2.45, 2.75) is 37.6 Å². The monoisotopic (exact) mass is 254 g/mol. The van der Waals surface area contributed by atoms with Crippen molar-refractivity contribution in [2.75, 3.05) is 13.2 Å². The Morgan fingerprint density at radius 1 is 1.06 bits per heavy atom. The number of carbonyl (C=O) groups is 1. The number of hydrogen-bond donors (Lipinski definition) is 1. The van der Waals surface area contributed by atoms with Crippen LogP contribution in [0, 0.1) is 5.41 Å². The molecule has 1 heterocycles. The van der Waals surface area contributed by atoms with Crippen LogP contribution in [0.3, 0.4) is 0 Å². The number of alkyl halides is 3. The van der Waals surface area contributed by atoms with Crippen LogP contribution in [0.5, 0.6) is 0 Å². The fourth-order valence-corrected chi connectivity index (χ4v) is 2.46. The second kappa shape index (κ2) is 3.84. The minimum Gasteiger partial charge on any atom is -0.481 e. The Morgan fingerprint density at radius 3 is 1.88 bits per heavy atom. The zero-order valence-electron chi connectivity index (χ0n) is 9.05. The molecule has 17 heavy (non-hydrogen) atoms. The second-order valence-electron chi connectivity index (χ2n) is 4.49. The largest absolute Gasteiger partial charge is 0.481 e. The van der Waals surface area contributed by atoms with Gasteiger partial charge in [0.15, 0.2) is 11.2 Å². The van der Waals surface area contributed by atoms with E-state index in [1.807, 2.05) is 0 Å². The Bertz CT molecular complexity index is 310. The van der Waals surface area contributed by atoms with Crippen molar-refractivity contribution in [1.82, 2.24) is 0 Å². The number of carboxylic acids is 1. The molecule has 2 aliphatic rings. The quantitative estimate of drug-likeness (QED) is 0.776. The van der Waals surface area contributed by atoms with E-state index in [2.05, 4.69) is 0 Å². The van der Waals surface area contributed by atoms with Crippen LogP contribution >= 0.6 is 0 Å². The molecule has 0 amide bonds. The van der Waals surface area contributed by atoms with Crippen molar-refractivity contribution < 1.29 is 32.5 Å². The second-order valence-corrected chi connectivity index (χ2v) is 4.49. The van der Waals surface area contributed by atoms with Crippen LogP contribution in [0.25, 0.3) is 0 Å². The summed E-state index contributed by atoms with van der Waals surface area (Å²) in [5.41, 5.74) is -2.65. The first-order chi connectivity index (χ1) is 7.81. The molecule has 0 radical (unpaired) electrons. The molecule has 2 fully saturated rings. The van der Waals surface area contributed by atoms with Crippen LogP contribution in [0.4, 0.5) is 13.2 Å². The summed E-state index contributed by atoms with van der Waals surface area (Å²) in [7, 11) is 0. The Balaban J connectivity index is 2.16. The van der Waals surface area contributed by atoms with Gasteiger partial charge in [0.2, 0.25) is 0 Å². The molecule has 1 aliphatic carbocycles. The van der Waals surface area contributed by atoms with Gasteiger partial charge in [0.25, 0.3) is 0 Å². The number of rotatable bonds is 1. The van der Waals surface area contributed by atoms with Crippen LogP contribution in [0.1, 0.15) is 25.7 Å². The highest BCUT2D eigenvalue weighted by molar-refractivity contribution is 5.75. The molecular formula is C10H13F3O4. The predicted molar refractivity (Wildman–Crippen MR) is 49.2 cm³/mol. The van der Waals surface area contributed by atoms with Crippen molar-refractivity contribution in [2.24, 2.45) is 5.41 Å².